The van der Waals surface area contributed by atoms with Crippen molar-refractivity contribution >= 4 is 28.3 Å². The van der Waals surface area contributed by atoms with Crippen LogP contribution in [0.3, 0.4) is 0 Å². The third-order valence-corrected chi connectivity index (χ3v) is 4.92. The van der Waals surface area contributed by atoms with E-state index in [1.54, 1.807) is 30.9 Å². The number of esters is 1. The van der Waals surface area contributed by atoms with E-state index < -0.39 is 5.97 Å². The summed E-state index contributed by atoms with van der Waals surface area (Å²) in [4.78, 5) is 31.6. The lowest BCUT2D eigenvalue weighted by molar-refractivity contribution is 0.0519. The molecule has 0 N–H and O–H groups in total. The minimum absolute atomic E-state index is 0.230. The van der Waals surface area contributed by atoms with Crippen molar-refractivity contribution in [3.63, 3.8) is 0 Å². The van der Waals surface area contributed by atoms with E-state index in [1.807, 2.05) is 30.3 Å². The third-order valence-electron chi connectivity index (χ3n) is 3.93. The van der Waals surface area contributed by atoms with Crippen LogP contribution in [0.15, 0.2) is 53.1 Å². The standard InChI is InChI=1S/C20H20N2O4S/c1-3-25-19(24)17-14(2)27-20(21-17)22(18(23)16-10-7-13-26-16)12-11-15-8-5-4-6-9-15/h4-10,13H,3,11-12H2,1-2H3. The molecular formula is C20H20N2O4S. The highest BCUT2D eigenvalue weighted by atomic mass is 32.1. The van der Waals surface area contributed by atoms with E-state index in [0.717, 1.165) is 5.56 Å². The van der Waals surface area contributed by atoms with Crippen LogP contribution in [0.4, 0.5) is 5.13 Å². The van der Waals surface area contributed by atoms with Crippen molar-refractivity contribution in [3.05, 3.63) is 70.6 Å². The maximum Gasteiger partial charge on any atom is 0.358 e. The van der Waals surface area contributed by atoms with Gasteiger partial charge in [0.05, 0.1) is 12.9 Å². The lowest BCUT2D eigenvalue weighted by Crippen LogP contribution is -2.32. The average molecular weight is 384 g/mol. The van der Waals surface area contributed by atoms with Crippen molar-refractivity contribution in [1.29, 1.82) is 0 Å². The molecule has 0 saturated heterocycles. The summed E-state index contributed by atoms with van der Waals surface area (Å²) in [6, 6.07) is 13.2. The molecule has 0 radical (unpaired) electrons. The number of carbonyl (C=O) groups is 2. The highest BCUT2D eigenvalue weighted by Crippen LogP contribution is 2.28. The van der Waals surface area contributed by atoms with Gasteiger partial charge < -0.3 is 9.15 Å². The molecule has 0 bridgehead atoms. The predicted molar refractivity (Wildman–Crippen MR) is 103 cm³/mol. The Balaban J connectivity index is 1.88. The van der Waals surface area contributed by atoms with Gasteiger partial charge in [0.2, 0.25) is 0 Å². The number of aromatic nitrogens is 1. The molecule has 0 aliphatic heterocycles. The zero-order valence-corrected chi connectivity index (χ0v) is 16.0. The number of aryl methyl sites for hydroxylation is 1. The molecule has 2 heterocycles. The van der Waals surface area contributed by atoms with Gasteiger partial charge in [0.25, 0.3) is 5.91 Å². The van der Waals surface area contributed by atoms with Crippen LogP contribution in [0.5, 0.6) is 0 Å². The Bertz CT molecular complexity index is 903. The summed E-state index contributed by atoms with van der Waals surface area (Å²) in [6.07, 6.45) is 2.11. The summed E-state index contributed by atoms with van der Waals surface area (Å²) in [5.41, 5.74) is 1.35. The molecule has 0 atom stereocenters. The highest BCUT2D eigenvalue weighted by Gasteiger charge is 2.26. The van der Waals surface area contributed by atoms with Crippen molar-refractivity contribution < 1.29 is 18.7 Å². The first-order valence-corrected chi connectivity index (χ1v) is 9.45. The Morgan fingerprint density at radius 3 is 2.63 bits per heavy atom. The summed E-state index contributed by atoms with van der Waals surface area (Å²) in [6.45, 7) is 4.22. The van der Waals surface area contributed by atoms with Crippen LogP contribution >= 0.6 is 11.3 Å². The Morgan fingerprint density at radius 1 is 1.19 bits per heavy atom. The molecule has 3 aromatic rings. The summed E-state index contributed by atoms with van der Waals surface area (Å²) >= 11 is 1.29. The molecule has 1 aromatic carbocycles. The van der Waals surface area contributed by atoms with Crippen molar-refractivity contribution in [2.24, 2.45) is 0 Å². The van der Waals surface area contributed by atoms with E-state index in [4.69, 9.17) is 9.15 Å². The minimum atomic E-state index is -0.481. The molecule has 0 saturated carbocycles. The largest absolute Gasteiger partial charge is 0.461 e. The summed E-state index contributed by atoms with van der Waals surface area (Å²) in [7, 11) is 0. The number of ether oxygens (including phenoxy) is 1. The van der Waals surface area contributed by atoms with Crippen LogP contribution < -0.4 is 4.90 Å². The maximum atomic E-state index is 12.9. The van der Waals surface area contributed by atoms with Crippen LogP contribution in [0, 0.1) is 6.92 Å². The van der Waals surface area contributed by atoms with Crippen molar-refractivity contribution in [3.8, 4) is 0 Å². The first-order chi connectivity index (χ1) is 13.1. The number of furan rings is 1. The van der Waals surface area contributed by atoms with E-state index in [0.29, 0.717) is 23.0 Å². The van der Waals surface area contributed by atoms with Gasteiger partial charge in [-0.05, 0) is 38.0 Å². The lowest BCUT2D eigenvalue weighted by atomic mass is 10.1. The first-order valence-electron chi connectivity index (χ1n) is 8.64. The van der Waals surface area contributed by atoms with Gasteiger partial charge in [-0.2, -0.15) is 0 Å². The molecule has 140 valence electrons. The Labute approximate surface area is 161 Å². The quantitative estimate of drug-likeness (QED) is 0.573. The molecule has 1 amide bonds. The number of nitrogens with zero attached hydrogens (tertiary/aromatic N) is 2. The smallest absolute Gasteiger partial charge is 0.358 e. The van der Waals surface area contributed by atoms with Crippen molar-refractivity contribution in [2.75, 3.05) is 18.1 Å². The van der Waals surface area contributed by atoms with Crippen LogP contribution in [0.2, 0.25) is 0 Å². The van der Waals surface area contributed by atoms with E-state index >= 15 is 0 Å². The van der Waals surface area contributed by atoms with Gasteiger partial charge in [-0.3, -0.25) is 9.69 Å². The minimum Gasteiger partial charge on any atom is -0.461 e. The molecular weight excluding hydrogens is 364 g/mol. The molecule has 7 heteroatoms. The Kier molecular flexibility index (Phi) is 6.03. The normalized spacial score (nSPS) is 10.6. The number of amides is 1. The molecule has 27 heavy (non-hydrogen) atoms. The molecule has 2 aromatic heterocycles. The zero-order chi connectivity index (χ0) is 19.2. The summed E-state index contributed by atoms with van der Waals surface area (Å²) in [5.74, 6) is -0.542. The number of hydrogen-bond acceptors (Lipinski definition) is 6. The van der Waals surface area contributed by atoms with Gasteiger partial charge in [0.15, 0.2) is 16.6 Å². The molecule has 0 aliphatic rings. The van der Waals surface area contributed by atoms with Crippen molar-refractivity contribution in [2.45, 2.75) is 20.3 Å². The number of hydrogen-bond donors (Lipinski definition) is 0. The van der Waals surface area contributed by atoms with E-state index in [-0.39, 0.29) is 24.0 Å². The van der Waals surface area contributed by atoms with Gasteiger partial charge in [-0.25, -0.2) is 9.78 Å². The number of anilines is 1. The van der Waals surface area contributed by atoms with E-state index in [9.17, 15) is 9.59 Å². The molecule has 0 spiro atoms. The van der Waals surface area contributed by atoms with Gasteiger partial charge in [-0.1, -0.05) is 30.3 Å². The highest BCUT2D eigenvalue weighted by molar-refractivity contribution is 7.16. The second-order valence-electron chi connectivity index (χ2n) is 5.79. The van der Waals surface area contributed by atoms with E-state index in [1.165, 1.54) is 17.6 Å². The van der Waals surface area contributed by atoms with Crippen molar-refractivity contribution in [1.82, 2.24) is 4.98 Å². The SMILES string of the molecule is CCOC(=O)c1nc(N(CCc2ccccc2)C(=O)c2ccco2)sc1C. The van der Waals surface area contributed by atoms with Crippen LogP contribution in [0.25, 0.3) is 0 Å². The fourth-order valence-corrected chi connectivity index (χ4v) is 3.51. The van der Waals surface area contributed by atoms with Crippen LogP contribution in [-0.2, 0) is 11.2 Å². The second kappa shape index (κ2) is 8.64. The van der Waals surface area contributed by atoms with Gasteiger partial charge in [0, 0.05) is 11.4 Å². The average Bonchev–Trinajstić information content (AvgIpc) is 3.33. The molecule has 0 fully saturated rings. The molecule has 0 aliphatic carbocycles. The van der Waals surface area contributed by atoms with Crippen LogP contribution in [0.1, 0.15) is 38.4 Å². The predicted octanol–water partition coefficient (Wildman–Crippen LogP) is 4.11. The number of thiazole rings is 1. The zero-order valence-electron chi connectivity index (χ0n) is 15.2. The van der Waals surface area contributed by atoms with Gasteiger partial charge in [0.1, 0.15) is 0 Å². The Morgan fingerprint density at radius 2 is 1.96 bits per heavy atom. The molecule has 3 rings (SSSR count). The molecule has 6 nitrogen and oxygen atoms in total. The van der Waals surface area contributed by atoms with Crippen LogP contribution in [-0.4, -0.2) is 30.0 Å². The third kappa shape index (κ3) is 4.43. The number of rotatable bonds is 7. The van der Waals surface area contributed by atoms with Gasteiger partial charge in [-0.15, -0.1) is 11.3 Å². The second-order valence-corrected chi connectivity index (χ2v) is 6.97. The monoisotopic (exact) mass is 384 g/mol. The fourth-order valence-electron chi connectivity index (χ4n) is 2.59. The lowest BCUT2D eigenvalue weighted by Gasteiger charge is -2.18. The van der Waals surface area contributed by atoms with E-state index in [2.05, 4.69) is 4.98 Å². The topological polar surface area (TPSA) is 72.6 Å². The Hall–Kier alpha value is -2.93. The summed E-state index contributed by atoms with van der Waals surface area (Å²) in [5, 5.41) is 0.452. The maximum absolute atomic E-state index is 12.9. The number of benzene rings is 1. The molecule has 0 unspecified atom stereocenters. The first kappa shape index (κ1) is 18.8. The fraction of sp³-hybridized carbons (Fsp3) is 0.250. The van der Waals surface area contributed by atoms with Gasteiger partial charge >= 0.3 is 5.97 Å². The number of carbonyl (C=O) groups excluding carboxylic acids is 2. The summed E-state index contributed by atoms with van der Waals surface area (Å²) < 4.78 is 10.3.